The van der Waals surface area contributed by atoms with Crippen molar-refractivity contribution in [3.8, 4) is 0 Å². The van der Waals surface area contributed by atoms with Crippen molar-refractivity contribution in [2.75, 3.05) is 33.3 Å². The first kappa shape index (κ1) is 14.5. The van der Waals surface area contributed by atoms with Gasteiger partial charge < -0.3 is 14.5 Å². The van der Waals surface area contributed by atoms with Crippen LogP contribution in [0, 0.1) is 0 Å². The number of hydrogen-bond donors (Lipinski definition) is 0. The Bertz CT molecular complexity index is 234. The molecule has 0 aromatic carbocycles. The summed E-state index contributed by atoms with van der Waals surface area (Å²) in [5, 5.41) is 0. The van der Waals surface area contributed by atoms with Crippen molar-refractivity contribution < 1.29 is 9.53 Å². The zero-order valence-corrected chi connectivity index (χ0v) is 11.6. The van der Waals surface area contributed by atoms with Gasteiger partial charge >= 0.3 is 0 Å². The minimum absolute atomic E-state index is 0.130. The predicted molar refractivity (Wildman–Crippen MR) is 69.0 cm³/mol. The minimum Gasteiger partial charge on any atom is -0.372 e. The van der Waals surface area contributed by atoms with Crippen LogP contribution in [0.4, 0.5) is 0 Å². The van der Waals surface area contributed by atoms with Gasteiger partial charge in [0, 0.05) is 26.2 Å². The van der Waals surface area contributed by atoms with Crippen LogP contribution in [0.25, 0.3) is 0 Å². The Morgan fingerprint density at radius 2 is 1.88 bits per heavy atom. The maximum absolute atomic E-state index is 11.9. The van der Waals surface area contributed by atoms with Gasteiger partial charge in [0.2, 0.25) is 0 Å². The number of piperidine rings is 1. The smallest absolute Gasteiger partial charge is 0.251 e. The number of carbonyl (C=O) groups excluding carboxylic acids is 1. The summed E-state index contributed by atoms with van der Waals surface area (Å²) in [6.45, 7) is 10.2. The van der Waals surface area contributed by atoms with Crippen molar-refractivity contribution in [2.45, 2.75) is 45.8 Å². The van der Waals surface area contributed by atoms with E-state index in [2.05, 4.69) is 18.7 Å². The van der Waals surface area contributed by atoms with Crippen LogP contribution >= 0.6 is 0 Å². The van der Waals surface area contributed by atoms with Gasteiger partial charge in [0.05, 0.1) is 0 Å². The first-order valence-electron chi connectivity index (χ1n) is 6.69. The van der Waals surface area contributed by atoms with Crippen molar-refractivity contribution >= 4 is 5.91 Å². The van der Waals surface area contributed by atoms with E-state index < -0.39 is 0 Å². The largest absolute Gasteiger partial charge is 0.372 e. The molecule has 0 aliphatic carbocycles. The molecule has 17 heavy (non-hydrogen) atoms. The molecule has 1 aliphatic heterocycles. The van der Waals surface area contributed by atoms with Crippen molar-refractivity contribution in [3.05, 3.63) is 0 Å². The van der Waals surface area contributed by atoms with E-state index in [1.807, 2.05) is 11.8 Å². The molecule has 4 nitrogen and oxygen atoms in total. The molecular formula is C13H26N2O2. The van der Waals surface area contributed by atoms with Crippen LogP contribution in [0.3, 0.4) is 0 Å². The van der Waals surface area contributed by atoms with Gasteiger partial charge in [-0.25, -0.2) is 0 Å². The van der Waals surface area contributed by atoms with Crippen molar-refractivity contribution in [1.82, 2.24) is 9.80 Å². The Morgan fingerprint density at radius 3 is 2.29 bits per heavy atom. The molecule has 1 saturated heterocycles. The normalized spacial score (nSPS) is 19.7. The Morgan fingerprint density at radius 1 is 1.35 bits per heavy atom. The van der Waals surface area contributed by atoms with Crippen LogP contribution in [0.5, 0.6) is 0 Å². The van der Waals surface area contributed by atoms with Crippen LogP contribution in [-0.2, 0) is 9.53 Å². The number of hydrogen-bond acceptors (Lipinski definition) is 3. The summed E-state index contributed by atoms with van der Waals surface area (Å²) < 4.78 is 5.08. The maximum atomic E-state index is 11.9. The summed E-state index contributed by atoms with van der Waals surface area (Å²) in [6.07, 6.45) is 1.87. The van der Waals surface area contributed by atoms with E-state index in [1.54, 1.807) is 7.11 Å². The number of likely N-dealkylation sites (tertiary alicyclic amines) is 1. The average molecular weight is 242 g/mol. The third-order valence-corrected chi connectivity index (χ3v) is 3.81. The lowest BCUT2D eigenvalue weighted by Gasteiger charge is -2.38. The molecule has 1 unspecified atom stereocenters. The van der Waals surface area contributed by atoms with Crippen LogP contribution in [-0.4, -0.2) is 61.1 Å². The standard InChI is InChI=1S/C13H26N2O2/c1-5-14(6-2)12-7-9-15(10-8-12)13(16)11(3)17-4/h11-12H,5-10H2,1-4H3. The van der Waals surface area contributed by atoms with Gasteiger partial charge in [-0.1, -0.05) is 13.8 Å². The monoisotopic (exact) mass is 242 g/mol. The molecule has 4 heteroatoms. The second-order valence-corrected chi connectivity index (χ2v) is 4.66. The van der Waals surface area contributed by atoms with Crippen molar-refractivity contribution in [2.24, 2.45) is 0 Å². The second-order valence-electron chi connectivity index (χ2n) is 4.66. The van der Waals surface area contributed by atoms with Gasteiger partial charge in [-0.05, 0) is 32.9 Å². The number of amides is 1. The molecule has 1 aliphatic rings. The quantitative estimate of drug-likeness (QED) is 0.729. The lowest BCUT2D eigenvalue weighted by atomic mass is 10.0. The van der Waals surface area contributed by atoms with E-state index in [-0.39, 0.29) is 12.0 Å². The number of methoxy groups -OCH3 is 1. The molecule has 0 N–H and O–H groups in total. The van der Waals surface area contributed by atoms with E-state index in [4.69, 9.17) is 4.74 Å². The van der Waals surface area contributed by atoms with Crippen LogP contribution in [0.2, 0.25) is 0 Å². The molecular weight excluding hydrogens is 216 g/mol. The van der Waals surface area contributed by atoms with Gasteiger partial charge in [-0.15, -0.1) is 0 Å². The molecule has 1 fully saturated rings. The molecule has 0 saturated carbocycles. The van der Waals surface area contributed by atoms with E-state index in [1.165, 1.54) is 0 Å². The Kier molecular flexibility index (Phi) is 5.92. The molecule has 100 valence electrons. The molecule has 0 aromatic rings. The van der Waals surface area contributed by atoms with Gasteiger partial charge in [0.15, 0.2) is 0 Å². The Hall–Kier alpha value is -0.610. The van der Waals surface area contributed by atoms with Gasteiger partial charge in [0.1, 0.15) is 6.10 Å². The van der Waals surface area contributed by atoms with E-state index >= 15 is 0 Å². The highest BCUT2D eigenvalue weighted by atomic mass is 16.5. The van der Waals surface area contributed by atoms with E-state index in [9.17, 15) is 4.79 Å². The summed E-state index contributed by atoms with van der Waals surface area (Å²) in [5.41, 5.74) is 0. The molecule has 0 radical (unpaired) electrons. The third-order valence-electron chi connectivity index (χ3n) is 3.81. The molecule has 0 bridgehead atoms. The lowest BCUT2D eigenvalue weighted by molar-refractivity contribution is -0.142. The van der Waals surface area contributed by atoms with Gasteiger partial charge in [0.25, 0.3) is 5.91 Å². The van der Waals surface area contributed by atoms with Crippen LogP contribution in [0.15, 0.2) is 0 Å². The fourth-order valence-corrected chi connectivity index (χ4v) is 2.55. The van der Waals surface area contributed by atoms with Crippen molar-refractivity contribution in [3.63, 3.8) is 0 Å². The summed E-state index contributed by atoms with van der Waals surface area (Å²) in [6, 6.07) is 0.645. The fourth-order valence-electron chi connectivity index (χ4n) is 2.55. The molecule has 0 aromatic heterocycles. The average Bonchev–Trinajstić information content (AvgIpc) is 2.39. The highest BCUT2D eigenvalue weighted by molar-refractivity contribution is 5.80. The molecule has 1 amide bonds. The number of carbonyl (C=O) groups is 1. The maximum Gasteiger partial charge on any atom is 0.251 e. The van der Waals surface area contributed by atoms with E-state index in [0.29, 0.717) is 6.04 Å². The number of ether oxygens (including phenoxy) is 1. The predicted octanol–water partition coefficient (Wildman–Crippen LogP) is 1.35. The van der Waals surface area contributed by atoms with Crippen LogP contribution < -0.4 is 0 Å². The van der Waals surface area contributed by atoms with Gasteiger partial charge in [-0.2, -0.15) is 0 Å². The number of rotatable bonds is 5. The fraction of sp³-hybridized carbons (Fsp3) is 0.923. The highest BCUT2D eigenvalue weighted by Crippen LogP contribution is 2.17. The molecule has 1 rings (SSSR count). The van der Waals surface area contributed by atoms with Crippen molar-refractivity contribution in [1.29, 1.82) is 0 Å². The Balaban J connectivity index is 2.42. The third kappa shape index (κ3) is 3.68. The van der Waals surface area contributed by atoms with Gasteiger partial charge in [-0.3, -0.25) is 4.79 Å². The first-order valence-corrected chi connectivity index (χ1v) is 6.69. The lowest BCUT2D eigenvalue weighted by Crippen LogP contribution is -2.49. The summed E-state index contributed by atoms with van der Waals surface area (Å²) >= 11 is 0. The topological polar surface area (TPSA) is 32.8 Å². The summed E-state index contributed by atoms with van der Waals surface area (Å²) in [4.78, 5) is 16.4. The summed E-state index contributed by atoms with van der Waals surface area (Å²) in [5.74, 6) is 0.130. The van der Waals surface area contributed by atoms with Crippen LogP contribution in [0.1, 0.15) is 33.6 Å². The molecule has 0 spiro atoms. The zero-order valence-electron chi connectivity index (χ0n) is 11.6. The number of nitrogens with zero attached hydrogens (tertiary/aromatic N) is 2. The SMILES string of the molecule is CCN(CC)C1CCN(C(=O)C(C)OC)CC1. The minimum atomic E-state index is -0.306. The highest BCUT2D eigenvalue weighted by Gasteiger charge is 2.27. The molecule has 1 heterocycles. The van der Waals surface area contributed by atoms with E-state index in [0.717, 1.165) is 39.0 Å². The Labute approximate surface area is 105 Å². The molecule has 1 atom stereocenters. The first-order chi connectivity index (χ1) is 8.13. The second kappa shape index (κ2) is 6.97. The zero-order chi connectivity index (χ0) is 12.8. The summed E-state index contributed by atoms with van der Waals surface area (Å²) in [7, 11) is 1.59.